The van der Waals surface area contributed by atoms with E-state index >= 15 is 0 Å². The summed E-state index contributed by atoms with van der Waals surface area (Å²) in [6, 6.07) is 17.5. The van der Waals surface area contributed by atoms with E-state index in [1.807, 2.05) is 62.4 Å². The summed E-state index contributed by atoms with van der Waals surface area (Å²) in [6.07, 6.45) is 0. The van der Waals surface area contributed by atoms with Crippen molar-refractivity contribution in [3.63, 3.8) is 0 Å². The third-order valence-electron chi connectivity index (χ3n) is 3.81. The van der Waals surface area contributed by atoms with Crippen molar-refractivity contribution in [2.24, 2.45) is 0 Å². The summed E-state index contributed by atoms with van der Waals surface area (Å²) >= 11 is 1.28. The van der Waals surface area contributed by atoms with Gasteiger partial charge in [0.15, 0.2) is 0 Å². The first-order valence-corrected chi connectivity index (χ1v) is 8.85. The highest BCUT2D eigenvalue weighted by Gasteiger charge is 2.11. The van der Waals surface area contributed by atoms with Crippen molar-refractivity contribution < 1.29 is 4.79 Å². The molecule has 0 unspecified atom stereocenters. The second kappa shape index (κ2) is 7.37. The predicted octanol–water partition coefficient (Wildman–Crippen LogP) is 4.45. The quantitative estimate of drug-likeness (QED) is 0.708. The first-order valence-electron chi connectivity index (χ1n) is 7.86. The fraction of sp³-hybridized carbons (Fsp3) is 0.150. The van der Waals surface area contributed by atoms with Crippen LogP contribution in [0.3, 0.4) is 0 Å². The zero-order valence-corrected chi connectivity index (χ0v) is 14.9. The number of nitriles is 1. The highest BCUT2D eigenvalue weighted by atomic mass is 32.2. The van der Waals surface area contributed by atoms with E-state index in [1.165, 1.54) is 11.8 Å². The Morgan fingerprint density at radius 2 is 1.96 bits per heavy atom. The molecule has 5 heteroatoms. The number of thioether (sulfide) groups is 1. The normalized spacial score (nSPS) is 10.4. The minimum absolute atomic E-state index is 0.121. The van der Waals surface area contributed by atoms with E-state index in [0.717, 1.165) is 27.7 Å². The molecular formula is C20H17N3OS. The van der Waals surface area contributed by atoms with Gasteiger partial charge < -0.3 is 5.32 Å². The molecule has 3 rings (SSSR count). The highest BCUT2D eigenvalue weighted by molar-refractivity contribution is 8.00. The van der Waals surface area contributed by atoms with Gasteiger partial charge in [0.1, 0.15) is 11.1 Å². The number of nitrogens with zero attached hydrogens (tertiary/aromatic N) is 2. The molecule has 25 heavy (non-hydrogen) atoms. The molecule has 4 nitrogen and oxygen atoms in total. The van der Waals surface area contributed by atoms with Crippen LogP contribution in [0.5, 0.6) is 0 Å². The molecule has 1 N–H and O–H groups in total. The monoisotopic (exact) mass is 347 g/mol. The maximum absolute atomic E-state index is 12.2. The van der Waals surface area contributed by atoms with E-state index in [9.17, 15) is 10.1 Å². The molecule has 0 radical (unpaired) electrons. The third kappa shape index (κ3) is 3.98. The van der Waals surface area contributed by atoms with Gasteiger partial charge in [0.05, 0.1) is 16.8 Å². The largest absolute Gasteiger partial charge is 0.325 e. The summed E-state index contributed by atoms with van der Waals surface area (Å²) in [6.45, 7) is 3.98. The number of carbonyl (C=O) groups excluding carboxylic acids is 1. The molecule has 0 spiro atoms. The Kier molecular flexibility index (Phi) is 5.01. The summed E-state index contributed by atoms with van der Waals surface area (Å²) in [5, 5.41) is 13.7. The molecule has 0 saturated carbocycles. The van der Waals surface area contributed by atoms with Crippen LogP contribution in [-0.4, -0.2) is 16.6 Å². The molecule has 1 heterocycles. The number of aryl methyl sites for hydroxylation is 2. The van der Waals surface area contributed by atoms with Gasteiger partial charge in [0, 0.05) is 11.1 Å². The van der Waals surface area contributed by atoms with Gasteiger partial charge in [-0.1, -0.05) is 47.7 Å². The van der Waals surface area contributed by atoms with Gasteiger partial charge in [-0.15, -0.1) is 0 Å². The van der Waals surface area contributed by atoms with Crippen molar-refractivity contribution >= 4 is 34.3 Å². The molecule has 2 aromatic carbocycles. The van der Waals surface area contributed by atoms with Crippen LogP contribution in [0.15, 0.2) is 53.6 Å². The van der Waals surface area contributed by atoms with Crippen LogP contribution in [0, 0.1) is 25.2 Å². The molecule has 0 saturated heterocycles. The van der Waals surface area contributed by atoms with Crippen LogP contribution in [-0.2, 0) is 4.79 Å². The van der Waals surface area contributed by atoms with Gasteiger partial charge in [-0.25, -0.2) is 4.98 Å². The van der Waals surface area contributed by atoms with E-state index in [-0.39, 0.29) is 11.7 Å². The maximum Gasteiger partial charge on any atom is 0.234 e. The molecule has 3 aromatic rings. The summed E-state index contributed by atoms with van der Waals surface area (Å²) in [4.78, 5) is 16.8. The zero-order chi connectivity index (χ0) is 17.8. The lowest BCUT2D eigenvalue weighted by Gasteiger charge is -2.08. The molecule has 0 atom stereocenters. The average Bonchev–Trinajstić information content (AvgIpc) is 2.61. The van der Waals surface area contributed by atoms with Gasteiger partial charge in [-0.3, -0.25) is 4.79 Å². The lowest BCUT2D eigenvalue weighted by atomic mass is 10.1. The lowest BCUT2D eigenvalue weighted by Crippen LogP contribution is -2.14. The van der Waals surface area contributed by atoms with Crippen LogP contribution >= 0.6 is 11.8 Å². The van der Waals surface area contributed by atoms with E-state index in [0.29, 0.717) is 10.6 Å². The number of benzene rings is 2. The number of hydrogen-bond donors (Lipinski definition) is 1. The first-order chi connectivity index (χ1) is 12.1. The van der Waals surface area contributed by atoms with Crippen molar-refractivity contribution in [2.45, 2.75) is 18.9 Å². The fourth-order valence-corrected chi connectivity index (χ4v) is 3.24. The van der Waals surface area contributed by atoms with Gasteiger partial charge in [0.2, 0.25) is 5.91 Å². The number of carbonyl (C=O) groups is 1. The topological polar surface area (TPSA) is 65.8 Å². The number of anilines is 1. The summed E-state index contributed by atoms with van der Waals surface area (Å²) < 4.78 is 0. The SMILES string of the molecule is Cc1ccc(NC(=O)CSc2nc3c(C)cccc3cc2C#N)cc1. The minimum Gasteiger partial charge on any atom is -0.325 e. The number of fused-ring (bicyclic) bond motifs is 1. The first kappa shape index (κ1) is 17.0. The Bertz CT molecular complexity index is 975. The Hall–Kier alpha value is -2.84. The number of rotatable bonds is 4. The van der Waals surface area contributed by atoms with Gasteiger partial charge in [0.25, 0.3) is 0 Å². The summed E-state index contributed by atoms with van der Waals surface area (Å²) in [7, 11) is 0. The second-order valence-corrected chi connectivity index (χ2v) is 6.77. The van der Waals surface area contributed by atoms with Gasteiger partial charge >= 0.3 is 0 Å². The van der Waals surface area contributed by atoms with Gasteiger partial charge in [-0.05, 0) is 37.6 Å². The number of aromatic nitrogens is 1. The molecule has 124 valence electrons. The Morgan fingerprint density at radius 1 is 1.20 bits per heavy atom. The molecule has 1 amide bonds. The zero-order valence-electron chi connectivity index (χ0n) is 14.0. The molecule has 1 aromatic heterocycles. The lowest BCUT2D eigenvalue weighted by molar-refractivity contribution is -0.113. The molecule has 0 aliphatic heterocycles. The number of pyridine rings is 1. The van der Waals surface area contributed by atoms with Crippen molar-refractivity contribution in [2.75, 3.05) is 11.1 Å². The van der Waals surface area contributed by atoms with Crippen molar-refractivity contribution in [3.05, 3.63) is 65.2 Å². The number of amides is 1. The third-order valence-corrected chi connectivity index (χ3v) is 4.80. The van der Waals surface area contributed by atoms with Crippen molar-refractivity contribution in [1.82, 2.24) is 4.98 Å². The molecule has 0 bridgehead atoms. The second-order valence-electron chi connectivity index (χ2n) is 5.80. The predicted molar refractivity (Wildman–Crippen MR) is 102 cm³/mol. The van der Waals surface area contributed by atoms with E-state index in [4.69, 9.17) is 0 Å². The van der Waals surface area contributed by atoms with Crippen LogP contribution in [0.25, 0.3) is 10.9 Å². The number of hydrogen-bond acceptors (Lipinski definition) is 4. The minimum atomic E-state index is -0.121. The molecular weight excluding hydrogens is 330 g/mol. The molecule has 0 aliphatic rings. The molecule has 0 aliphatic carbocycles. The highest BCUT2D eigenvalue weighted by Crippen LogP contribution is 2.26. The average molecular weight is 347 g/mol. The summed E-state index contributed by atoms with van der Waals surface area (Å²) in [5.41, 5.74) is 4.31. The van der Waals surface area contributed by atoms with Crippen LogP contribution in [0.4, 0.5) is 5.69 Å². The Balaban J connectivity index is 1.76. The van der Waals surface area contributed by atoms with Crippen LogP contribution < -0.4 is 5.32 Å². The van der Waals surface area contributed by atoms with Crippen LogP contribution in [0.2, 0.25) is 0 Å². The fourth-order valence-electron chi connectivity index (χ4n) is 2.49. The van der Waals surface area contributed by atoms with Gasteiger partial charge in [-0.2, -0.15) is 5.26 Å². The standard InChI is InChI=1S/C20H17N3OS/c1-13-6-8-17(9-7-13)22-18(24)12-25-20-16(11-21)10-15-5-3-4-14(2)19(15)23-20/h3-10H,12H2,1-2H3,(H,22,24). The summed E-state index contributed by atoms with van der Waals surface area (Å²) in [5.74, 6) is 0.0804. The Labute approximate surface area is 150 Å². The Morgan fingerprint density at radius 3 is 2.68 bits per heavy atom. The number of nitrogens with one attached hydrogen (secondary N) is 1. The van der Waals surface area contributed by atoms with Crippen molar-refractivity contribution in [3.8, 4) is 6.07 Å². The number of para-hydroxylation sites is 1. The maximum atomic E-state index is 12.2. The van der Waals surface area contributed by atoms with Crippen LogP contribution in [0.1, 0.15) is 16.7 Å². The van der Waals surface area contributed by atoms with E-state index < -0.39 is 0 Å². The van der Waals surface area contributed by atoms with E-state index in [2.05, 4.69) is 16.4 Å². The smallest absolute Gasteiger partial charge is 0.234 e. The molecule has 0 fully saturated rings. The van der Waals surface area contributed by atoms with Crippen molar-refractivity contribution in [1.29, 1.82) is 5.26 Å². The van der Waals surface area contributed by atoms with E-state index in [1.54, 1.807) is 0 Å².